The van der Waals surface area contributed by atoms with E-state index in [4.69, 9.17) is 99.5 Å². The molecular formula is C76H127N5O55. The Morgan fingerprint density at radius 3 is 0.897 bits per heavy atom. The van der Waals surface area contributed by atoms with E-state index in [-0.39, 0.29) is 0 Å². The van der Waals surface area contributed by atoms with Gasteiger partial charge in [-0.2, -0.15) is 0 Å². The zero-order valence-electron chi connectivity index (χ0n) is 73.4. The van der Waals surface area contributed by atoms with Gasteiger partial charge in [-0.3, -0.25) is 24.0 Å². The van der Waals surface area contributed by atoms with Crippen molar-refractivity contribution in [2.45, 2.75) is 379 Å². The first-order valence-electron chi connectivity index (χ1n) is 43.5. The summed E-state index contributed by atoms with van der Waals surface area (Å²) in [6.07, 6.45) is -108. The van der Waals surface area contributed by atoms with Crippen LogP contribution in [-0.4, -0.2) is 581 Å². The molecule has 11 aliphatic heterocycles. The highest BCUT2D eigenvalue weighted by molar-refractivity contribution is 5.75. The largest absolute Gasteiger partial charge is 0.394 e. The van der Waals surface area contributed by atoms with E-state index in [9.17, 15) is 172 Å². The fourth-order valence-corrected chi connectivity index (χ4v) is 17.8. The molecule has 0 bridgehead atoms. The molecule has 0 aromatic carbocycles. The topological polar surface area (TPSA) is 926 Å². The summed E-state index contributed by atoms with van der Waals surface area (Å²) in [6.45, 7) is -6.01. The Bertz CT molecular complexity index is 3760. The van der Waals surface area contributed by atoms with Gasteiger partial charge in [0.15, 0.2) is 69.2 Å². The molecule has 11 rings (SSSR count). The van der Waals surface area contributed by atoms with E-state index in [1.807, 2.05) is 0 Å². The van der Waals surface area contributed by atoms with E-state index in [0.29, 0.717) is 0 Å². The standard InChI is InChI=1S/C76H127N5O55/c1-17-38(96)48(106)52(110)71(117-17)133-62-37(81-22(6)95)70(125-31(15-90)61(62)132-73-54(112)50(108)41(99)25(9-84)121-73)135-64-51(109)42(100)26(10-85)122-75(64)116-16-32-43(101)63(56(114)74(127-32)131-59-29(13-88)123-68(35(47(59)105)79-20(4)93)128-57-27(11-86)118-66(115)33(45(57)103)77-18(2)91)134-76-65(136-67-34(78-19(3)92)44(102)39(97)23(7-82)119-67)55(113)60(30(14-89)126-76)129-69-36(80-21(5)94)46(104)58(28(12-87)124-69)130-72-53(111)49(107)40(98)24(8-83)120-72/h17,23-76,82-90,96-115H,7-16H2,1-6H3,(H,77,91)(H,78,92)(H,79,93)(H,80,94)(H,81,95)/t17-,23+,24+,25+,26+,27+,28+,29+,30+,31+,32+,33+,34+,35+,36+,37+,38+,39+,40-,41-,42+,43+,44+,45+,46+,47+,48+,49-,50-,51-,52-,53+,54+,55-,56-,57+,58+,59+,60+,61+,62+,63-,64-,65-,66+,67-,68-,69-,70-,71-,72-,73-,74-,75-,76+/m0/s1. The molecule has 0 spiro atoms. The Morgan fingerprint density at radius 2 is 0.471 bits per heavy atom. The predicted molar refractivity (Wildman–Crippen MR) is 419 cm³/mol. The molecule has 0 unspecified atom stereocenters. The molecule has 11 fully saturated rings. The van der Waals surface area contributed by atoms with Crippen LogP contribution in [0.15, 0.2) is 0 Å². The Balaban J connectivity index is 0.980. The summed E-state index contributed by atoms with van der Waals surface area (Å²) in [6, 6.07) is -9.78. The van der Waals surface area contributed by atoms with Crippen molar-refractivity contribution in [1.82, 2.24) is 26.6 Å². The summed E-state index contributed by atoms with van der Waals surface area (Å²) in [5.74, 6) is -4.83. The van der Waals surface area contributed by atoms with Crippen LogP contribution in [-0.2, 0) is 123 Å². The van der Waals surface area contributed by atoms with Crippen molar-refractivity contribution in [3.63, 3.8) is 0 Å². The molecule has 60 heteroatoms. The third-order valence-electron chi connectivity index (χ3n) is 24.9. The minimum atomic E-state index is -2.73. The van der Waals surface area contributed by atoms with Crippen LogP contribution in [0.3, 0.4) is 0 Å². The highest BCUT2D eigenvalue weighted by atomic mass is 16.8. The van der Waals surface area contributed by atoms with E-state index >= 15 is 0 Å². The van der Waals surface area contributed by atoms with Gasteiger partial charge in [0.1, 0.15) is 262 Å². The maximum atomic E-state index is 13.6. The molecule has 11 heterocycles. The zero-order valence-corrected chi connectivity index (χ0v) is 73.4. The van der Waals surface area contributed by atoms with Crippen molar-refractivity contribution in [3.05, 3.63) is 0 Å². The first-order valence-corrected chi connectivity index (χ1v) is 43.5. The Kier molecular flexibility index (Phi) is 40.1. The summed E-state index contributed by atoms with van der Waals surface area (Å²) in [7, 11) is 0. The van der Waals surface area contributed by atoms with Gasteiger partial charge in [0.25, 0.3) is 0 Å². The number of hydrogen-bond acceptors (Lipinski definition) is 55. The average molecular weight is 1990 g/mol. The molecule has 0 aromatic heterocycles. The zero-order chi connectivity index (χ0) is 100. The molecule has 55 atom stereocenters. The predicted octanol–water partition coefficient (Wildman–Crippen LogP) is -23.2. The van der Waals surface area contributed by atoms with Gasteiger partial charge in [-0.05, 0) is 6.92 Å². The molecule has 5 amide bonds. The maximum absolute atomic E-state index is 13.6. The molecule has 0 saturated carbocycles. The Hall–Kier alpha value is -4.65. The van der Waals surface area contributed by atoms with E-state index in [0.717, 1.165) is 34.6 Å². The third kappa shape index (κ3) is 24.6. The van der Waals surface area contributed by atoms with Crippen LogP contribution in [0, 0.1) is 0 Å². The van der Waals surface area contributed by atoms with Crippen LogP contribution in [0.4, 0.5) is 0 Å². The fraction of sp³-hybridized carbons (Fsp3) is 0.934. The number of nitrogens with one attached hydrogen (secondary N) is 5. The van der Waals surface area contributed by atoms with E-state index in [1.54, 1.807) is 0 Å². The summed E-state index contributed by atoms with van der Waals surface area (Å²) < 4.78 is 127. The van der Waals surface area contributed by atoms with Crippen LogP contribution < -0.4 is 26.6 Å². The van der Waals surface area contributed by atoms with Crippen LogP contribution in [0.2, 0.25) is 0 Å². The molecule has 136 heavy (non-hydrogen) atoms. The van der Waals surface area contributed by atoms with Gasteiger partial charge in [0.05, 0.1) is 72.2 Å². The van der Waals surface area contributed by atoms with Crippen LogP contribution in [0.25, 0.3) is 0 Å². The monoisotopic (exact) mass is 1990 g/mol. The van der Waals surface area contributed by atoms with E-state index in [2.05, 4.69) is 26.6 Å². The summed E-state index contributed by atoms with van der Waals surface area (Å²) in [4.78, 5) is 65.2. The smallest absolute Gasteiger partial charge is 0.217 e. The van der Waals surface area contributed by atoms with Crippen molar-refractivity contribution in [3.8, 4) is 0 Å². The normalized spacial score (nSPS) is 49.2. The number of aliphatic hydroxyl groups excluding tert-OH is 29. The first kappa shape index (κ1) is 112. The molecule has 0 aromatic rings. The van der Waals surface area contributed by atoms with Gasteiger partial charge in [-0.15, -0.1) is 0 Å². The lowest BCUT2D eigenvalue weighted by Gasteiger charge is -2.52. The summed E-state index contributed by atoms with van der Waals surface area (Å²) >= 11 is 0. The lowest BCUT2D eigenvalue weighted by molar-refractivity contribution is -0.405. The van der Waals surface area contributed by atoms with Gasteiger partial charge in [0.2, 0.25) is 29.5 Å². The van der Waals surface area contributed by atoms with E-state index in [1.165, 1.54) is 6.92 Å². The lowest BCUT2D eigenvalue weighted by atomic mass is 9.93. The highest BCUT2D eigenvalue weighted by Gasteiger charge is 2.64. The van der Waals surface area contributed by atoms with Crippen LogP contribution in [0.5, 0.6) is 0 Å². The fourth-order valence-electron chi connectivity index (χ4n) is 17.8. The van der Waals surface area contributed by atoms with Crippen LogP contribution >= 0.6 is 0 Å². The van der Waals surface area contributed by atoms with Gasteiger partial charge in [-0.25, -0.2) is 0 Å². The Morgan fingerprint density at radius 1 is 0.206 bits per heavy atom. The van der Waals surface area contributed by atoms with Crippen molar-refractivity contribution in [2.75, 3.05) is 66.1 Å². The molecular weight excluding hydrogens is 1860 g/mol. The number of ether oxygens (including phenoxy) is 21. The SMILES string of the molecule is CC(=O)N[C@@H]1[C@@H](O)[C@H](O[C@@H]2O[C@H](CO)[C@@H](O[C@@H]3O[C@H](CO[C@H]4O[C@H](CO)[C@@H](O)[C@H](O)[C@@H]4O[C@@H]4O[C@H](CO)[C@@H](O[C@@H]5O[C@H](CO)[C@H](O)[C@H](O)[C@H]5O)[C@H](O[C@@H]5O[C@@H](C)[C@@H](O)[C@@H](O)[C@@H]5O)[C@H]4NC(C)=O)[C@@H](O)[C@H](O[C@H]4O[C@H](CO)[C@@H](O[C@@H]5O[C@H](CO)[C@@H](O[C@@H]6O[C@H](CO)[C@H](O)[C@H](O)[C@H]6O)[C@H](O)[C@H]5NC(C)=O)[C@H](O)[C@@H]4O[C@@H]4O[C@H](CO)[C@@H](O)[C@H](O)[C@H]4NC(C)=O)[C@@H]3O)[C@H](O)[C@H]2NC(C)=O)[C@@H](CO)O[C@H]1O. The second-order valence-electron chi connectivity index (χ2n) is 34.5. The van der Waals surface area contributed by atoms with Crippen molar-refractivity contribution >= 4 is 29.5 Å². The second kappa shape index (κ2) is 48.8. The van der Waals surface area contributed by atoms with Crippen molar-refractivity contribution < 1.29 is 272 Å². The number of aliphatic hydroxyl groups is 29. The molecule has 11 saturated heterocycles. The highest BCUT2D eigenvalue weighted by Crippen LogP contribution is 2.43. The van der Waals surface area contributed by atoms with Gasteiger partial charge < -0.3 is 274 Å². The maximum Gasteiger partial charge on any atom is 0.217 e. The molecule has 0 aliphatic carbocycles. The minimum Gasteiger partial charge on any atom is -0.394 e. The molecule has 11 aliphatic rings. The van der Waals surface area contributed by atoms with Crippen LogP contribution in [0.1, 0.15) is 41.5 Å². The number of hydrogen-bond donors (Lipinski definition) is 34. The molecule has 786 valence electrons. The quantitative estimate of drug-likeness (QED) is 0.0280. The van der Waals surface area contributed by atoms with Crippen molar-refractivity contribution in [1.29, 1.82) is 0 Å². The van der Waals surface area contributed by atoms with E-state index < -0.39 is 433 Å². The molecule has 34 N–H and O–H groups in total. The number of carbonyl (C=O) groups excluding carboxylic acids is 5. The van der Waals surface area contributed by atoms with Gasteiger partial charge >= 0.3 is 0 Å². The lowest BCUT2D eigenvalue weighted by Crippen LogP contribution is -2.71. The first-order chi connectivity index (χ1) is 64.3. The summed E-state index contributed by atoms with van der Waals surface area (Å²) in [5.41, 5.74) is 0. The number of amides is 5. The van der Waals surface area contributed by atoms with Gasteiger partial charge in [0, 0.05) is 34.6 Å². The number of rotatable bonds is 35. The minimum absolute atomic E-state index is 0.825. The Labute approximate surface area is 770 Å². The third-order valence-corrected chi connectivity index (χ3v) is 24.9. The summed E-state index contributed by atoms with van der Waals surface area (Å²) in [5, 5.41) is 339. The average Bonchev–Trinajstić information content (AvgIpc) is 0.756. The number of carbonyl (C=O) groups is 5. The molecule has 0 radical (unpaired) electrons. The molecule has 60 nitrogen and oxygen atoms in total. The van der Waals surface area contributed by atoms with Gasteiger partial charge in [-0.1, -0.05) is 0 Å². The van der Waals surface area contributed by atoms with Crippen molar-refractivity contribution in [2.24, 2.45) is 0 Å². The second-order valence-corrected chi connectivity index (χ2v) is 34.5.